The van der Waals surface area contributed by atoms with Gasteiger partial charge >= 0.3 is 0 Å². The predicted octanol–water partition coefficient (Wildman–Crippen LogP) is 3.08. The van der Waals surface area contributed by atoms with E-state index in [0.29, 0.717) is 0 Å². The Balaban J connectivity index is 1.67. The first-order chi connectivity index (χ1) is 11.7. The Kier molecular flexibility index (Phi) is 8.57. The summed E-state index contributed by atoms with van der Waals surface area (Å²) in [5, 5.41) is 0. The van der Waals surface area contributed by atoms with Crippen molar-refractivity contribution >= 4 is 5.69 Å². The smallest absolute Gasteiger partial charge is 0.0593 e. The van der Waals surface area contributed by atoms with E-state index in [0.717, 1.165) is 52.5 Å². The Bertz CT molecular complexity index is 441. The van der Waals surface area contributed by atoms with Crippen LogP contribution in [0.5, 0.6) is 0 Å². The first kappa shape index (κ1) is 19.2. The molecular weight excluding hydrogens is 298 g/mol. The third-order valence-electron chi connectivity index (χ3n) is 4.77. The first-order valence-electron chi connectivity index (χ1n) is 9.47. The fourth-order valence-corrected chi connectivity index (χ4v) is 3.04. The zero-order chi connectivity index (χ0) is 17.2. The Labute approximate surface area is 148 Å². The molecule has 0 bridgehead atoms. The highest BCUT2D eigenvalue weighted by molar-refractivity contribution is 5.48. The van der Waals surface area contributed by atoms with Crippen LogP contribution in [0.25, 0.3) is 0 Å². The maximum absolute atomic E-state index is 5.70. The van der Waals surface area contributed by atoms with Crippen LogP contribution < -0.4 is 4.90 Å². The number of unbranched alkanes of at least 4 members (excludes halogenated alkanes) is 2. The highest BCUT2D eigenvalue weighted by Crippen LogP contribution is 2.17. The van der Waals surface area contributed by atoms with Crippen LogP contribution in [0.4, 0.5) is 5.69 Å². The largest absolute Gasteiger partial charge is 0.380 e. The van der Waals surface area contributed by atoms with Gasteiger partial charge in [-0.05, 0) is 38.2 Å². The van der Waals surface area contributed by atoms with Gasteiger partial charge in [0.25, 0.3) is 0 Å². The highest BCUT2D eigenvalue weighted by atomic mass is 16.5. The van der Waals surface area contributed by atoms with Gasteiger partial charge in [0.05, 0.1) is 6.61 Å². The molecule has 24 heavy (non-hydrogen) atoms. The summed E-state index contributed by atoms with van der Waals surface area (Å²) in [4.78, 5) is 7.21. The summed E-state index contributed by atoms with van der Waals surface area (Å²) in [5.41, 5.74) is 2.73. The number of rotatable bonds is 10. The third-order valence-corrected chi connectivity index (χ3v) is 4.77. The van der Waals surface area contributed by atoms with Crippen LogP contribution in [0.2, 0.25) is 0 Å². The van der Waals surface area contributed by atoms with E-state index in [4.69, 9.17) is 4.74 Å². The number of piperazine rings is 1. The lowest BCUT2D eigenvalue weighted by Gasteiger charge is -2.34. The standard InChI is InChI=1S/C20H35N3O/c1-4-5-6-16-24-17-15-22(3)18-19-7-9-20(10-8-19)23-13-11-21(2)12-14-23/h7-10H,4-6,11-18H2,1-3H3. The predicted molar refractivity (Wildman–Crippen MR) is 103 cm³/mol. The summed E-state index contributed by atoms with van der Waals surface area (Å²) in [7, 11) is 4.37. The van der Waals surface area contributed by atoms with E-state index in [2.05, 4.69) is 60.0 Å². The quantitative estimate of drug-likeness (QED) is 0.613. The molecule has 0 atom stereocenters. The zero-order valence-corrected chi connectivity index (χ0v) is 15.8. The molecule has 4 nitrogen and oxygen atoms in total. The molecule has 0 N–H and O–H groups in total. The van der Waals surface area contributed by atoms with Gasteiger partial charge in [0.2, 0.25) is 0 Å². The number of likely N-dealkylation sites (N-methyl/N-ethyl adjacent to an activating group) is 2. The van der Waals surface area contributed by atoms with Crippen molar-refractivity contribution in [2.24, 2.45) is 0 Å². The molecule has 0 radical (unpaired) electrons. The van der Waals surface area contributed by atoms with Crippen molar-refractivity contribution in [3.63, 3.8) is 0 Å². The number of hydrogen-bond acceptors (Lipinski definition) is 4. The fraction of sp³-hybridized carbons (Fsp3) is 0.700. The van der Waals surface area contributed by atoms with Crippen LogP contribution in [0, 0.1) is 0 Å². The van der Waals surface area contributed by atoms with Crippen LogP contribution in [-0.4, -0.2) is 69.8 Å². The Morgan fingerprint density at radius 3 is 2.38 bits per heavy atom. The van der Waals surface area contributed by atoms with E-state index < -0.39 is 0 Å². The first-order valence-corrected chi connectivity index (χ1v) is 9.47. The van der Waals surface area contributed by atoms with Crippen molar-refractivity contribution in [2.45, 2.75) is 32.7 Å². The molecule has 1 saturated heterocycles. The zero-order valence-electron chi connectivity index (χ0n) is 15.8. The number of ether oxygens (including phenoxy) is 1. The topological polar surface area (TPSA) is 19.0 Å². The molecule has 4 heteroatoms. The molecule has 0 spiro atoms. The minimum atomic E-state index is 0.833. The Morgan fingerprint density at radius 1 is 1.00 bits per heavy atom. The number of anilines is 1. The third kappa shape index (κ3) is 6.80. The molecule has 1 aliphatic rings. The summed E-state index contributed by atoms with van der Waals surface area (Å²) in [6, 6.07) is 9.09. The average Bonchev–Trinajstić information content (AvgIpc) is 2.59. The normalized spacial score (nSPS) is 16.1. The molecule has 0 aromatic heterocycles. The second kappa shape index (κ2) is 10.7. The lowest BCUT2D eigenvalue weighted by Crippen LogP contribution is -2.44. The minimum absolute atomic E-state index is 0.833. The monoisotopic (exact) mass is 333 g/mol. The summed E-state index contributed by atoms with van der Waals surface area (Å²) >= 11 is 0. The molecule has 1 aromatic rings. The van der Waals surface area contributed by atoms with Crippen LogP contribution in [-0.2, 0) is 11.3 Å². The highest BCUT2D eigenvalue weighted by Gasteiger charge is 2.14. The second-order valence-corrected chi connectivity index (χ2v) is 7.01. The van der Waals surface area contributed by atoms with Crippen molar-refractivity contribution in [3.8, 4) is 0 Å². The van der Waals surface area contributed by atoms with E-state index in [9.17, 15) is 0 Å². The lowest BCUT2D eigenvalue weighted by atomic mass is 10.1. The van der Waals surface area contributed by atoms with Gasteiger partial charge in [-0.2, -0.15) is 0 Å². The Hall–Kier alpha value is -1.10. The van der Waals surface area contributed by atoms with Crippen LogP contribution in [0.3, 0.4) is 0 Å². The van der Waals surface area contributed by atoms with Gasteiger partial charge < -0.3 is 14.5 Å². The SMILES string of the molecule is CCCCCOCCN(C)Cc1ccc(N2CCN(C)CC2)cc1. The number of hydrogen-bond donors (Lipinski definition) is 0. The summed E-state index contributed by atoms with van der Waals surface area (Å²) in [6.45, 7) is 10.5. The van der Waals surface area contributed by atoms with Crippen LogP contribution in [0.15, 0.2) is 24.3 Å². The van der Waals surface area contributed by atoms with Crippen LogP contribution in [0.1, 0.15) is 31.7 Å². The molecule has 0 amide bonds. The molecule has 1 aliphatic heterocycles. The molecule has 2 rings (SSSR count). The molecular formula is C20H35N3O. The van der Waals surface area contributed by atoms with Gasteiger partial charge in [-0.3, -0.25) is 4.90 Å². The summed E-state index contributed by atoms with van der Waals surface area (Å²) < 4.78 is 5.70. The molecule has 136 valence electrons. The maximum Gasteiger partial charge on any atom is 0.0593 e. The molecule has 1 heterocycles. The molecule has 1 aromatic carbocycles. The molecule has 0 unspecified atom stereocenters. The minimum Gasteiger partial charge on any atom is -0.380 e. The van der Waals surface area contributed by atoms with Gasteiger partial charge in [-0.25, -0.2) is 0 Å². The summed E-state index contributed by atoms with van der Waals surface area (Å²) in [5.74, 6) is 0. The molecule has 0 aliphatic carbocycles. The number of nitrogens with zero attached hydrogens (tertiary/aromatic N) is 3. The summed E-state index contributed by atoms with van der Waals surface area (Å²) in [6.07, 6.45) is 3.72. The van der Waals surface area contributed by atoms with Crippen molar-refractivity contribution in [2.75, 3.05) is 64.9 Å². The molecule has 1 fully saturated rings. The van der Waals surface area contributed by atoms with Crippen molar-refractivity contribution in [1.82, 2.24) is 9.80 Å². The van der Waals surface area contributed by atoms with E-state index in [1.807, 2.05) is 0 Å². The van der Waals surface area contributed by atoms with E-state index in [1.165, 1.54) is 30.5 Å². The van der Waals surface area contributed by atoms with Crippen LogP contribution >= 0.6 is 0 Å². The van der Waals surface area contributed by atoms with E-state index in [-0.39, 0.29) is 0 Å². The van der Waals surface area contributed by atoms with Gasteiger partial charge in [0.1, 0.15) is 0 Å². The maximum atomic E-state index is 5.70. The fourth-order valence-electron chi connectivity index (χ4n) is 3.04. The van der Waals surface area contributed by atoms with E-state index >= 15 is 0 Å². The van der Waals surface area contributed by atoms with Crippen molar-refractivity contribution in [1.29, 1.82) is 0 Å². The van der Waals surface area contributed by atoms with Crippen molar-refractivity contribution < 1.29 is 4.74 Å². The van der Waals surface area contributed by atoms with Gasteiger partial charge in [-0.15, -0.1) is 0 Å². The Morgan fingerprint density at radius 2 is 1.71 bits per heavy atom. The van der Waals surface area contributed by atoms with Gasteiger partial charge in [-0.1, -0.05) is 31.9 Å². The second-order valence-electron chi connectivity index (χ2n) is 7.01. The number of benzene rings is 1. The van der Waals surface area contributed by atoms with E-state index in [1.54, 1.807) is 0 Å². The van der Waals surface area contributed by atoms with Gasteiger partial charge in [0, 0.05) is 51.6 Å². The van der Waals surface area contributed by atoms with Crippen molar-refractivity contribution in [3.05, 3.63) is 29.8 Å². The molecule has 0 saturated carbocycles. The lowest BCUT2D eigenvalue weighted by molar-refractivity contribution is 0.107. The van der Waals surface area contributed by atoms with Gasteiger partial charge in [0.15, 0.2) is 0 Å². The average molecular weight is 334 g/mol.